The van der Waals surface area contributed by atoms with Crippen LogP contribution in [0.25, 0.3) is 0 Å². The van der Waals surface area contributed by atoms with Crippen LogP contribution >= 0.6 is 0 Å². The van der Waals surface area contributed by atoms with E-state index in [1.165, 1.54) is 17.4 Å². The normalized spacial score (nSPS) is 20.0. The fourth-order valence-electron chi connectivity index (χ4n) is 5.10. The summed E-state index contributed by atoms with van der Waals surface area (Å²) in [6, 6.07) is 16.8. The van der Waals surface area contributed by atoms with Gasteiger partial charge in [0.25, 0.3) is 5.91 Å². The number of nitrogens with zero attached hydrogens (tertiary/aromatic N) is 3. The zero-order valence-corrected chi connectivity index (χ0v) is 24.1. The summed E-state index contributed by atoms with van der Waals surface area (Å²) in [5.41, 5.74) is 3.47. The molecule has 9 nitrogen and oxygen atoms in total. The van der Waals surface area contributed by atoms with Gasteiger partial charge < -0.3 is 15.5 Å². The smallest absolute Gasteiger partial charge is 0.251 e. The van der Waals surface area contributed by atoms with Gasteiger partial charge in [0.15, 0.2) is 0 Å². The molecule has 3 atom stereocenters. The van der Waals surface area contributed by atoms with Gasteiger partial charge in [0, 0.05) is 56.5 Å². The average molecular weight is 566 g/mol. The third-order valence-electron chi connectivity index (χ3n) is 7.71. The number of benzene rings is 2. The Hall–Kier alpha value is -3.26. The molecule has 1 heterocycles. The number of nitriles is 1. The average Bonchev–Trinajstić information content (AvgIpc) is 3.73. The van der Waals surface area contributed by atoms with Crippen molar-refractivity contribution < 1.29 is 18.0 Å². The van der Waals surface area contributed by atoms with E-state index < -0.39 is 15.9 Å². The molecule has 2 fully saturated rings. The Morgan fingerprint density at radius 1 is 1.05 bits per heavy atom. The molecule has 4 rings (SSSR count). The van der Waals surface area contributed by atoms with Crippen LogP contribution < -0.4 is 10.6 Å². The van der Waals surface area contributed by atoms with Crippen molar-refractivity contribution in [3.63, 3.8) is 0 Å². The molecule has 1 aliphatic heterocycles. The Morgan fingerprint density at radius 2 is 1.73 bits per heavy atom. The Labute approximate surface area is 237 Å². The molecule has 2 N–H and O–H groups in total. The molecular formula is C30H39N5O4S. The molecule has 2 aromatic rings. The molecule has 2 amide bonds. The number of amides is 2. The summed E-state index contributed by atoms with van der Waals surface area (Å²) in [7, 11) is -3.04. The second-order valence-electron chi connectivity index (χ2n) is 11.0. The first-order valence-electron chi connectivity index (χ1n) is 13.9. The van der Waals surface area contributed by atoms with Crippen molar-refractivity contribution in [1.82, 2.24) is 20.4 Å². The van der Waals surface area contributed by atoms with Gasteiger partial charge in [-0.3, -0.25) is 14.5 Å². The summed E-state index contributed by atoms with van der Waals surface area (Å²) >= 11 is 0. The van der Waals surface area contributed by atoms with Gasteiger partial charge >= 0.3 is 0 Å². The molecule has 40 heavy (non-hydrogen) atoms. The van der Waals surface area contributed by atoms with E-state index in [-0.39, 0.29) is 17.6 Å². The quantitative estimate of drug-likeness (QED) is 0.378. The summed E-state index contributed by atoms with van der Waals surface area (Å²) in [4.78, 5) is 30.4. The van der Waals surface area contributed by atoms with Gasteiger partial charge in [-0.25, -0.2) is 8.42 Å². The van der Waals surface area contributed by atoms with Crippen molar-refractivity contribution in [3.05, 3.63) is 70.8 Å². The van der Waals surface area contributed by atoms with Crippen molar-refractivity contribution in [1.29, 1.82) is 5.26 Å². The topological polar surface area (TPSA) is 123 Å². The lowest BCUT2D eigenvalue weighted by molar-refractivity contribution is -0.135. The molecule has 0 bridgehead atoms. The second-order valence-corrected chi connectivity index (χ2v) is 13.2. The van der Waals surface area contributed by atoms with Crippen LogP contribution in [-0.4, -0.2) is 93.4 Å². The Bertz CT molecular complexity index is 1310. The molecule has 10 heteroatoms. The number of carbonyl (C=O) groups excluding carboxylic acids is 2. The first kappa shape index (κ1) is 29.7. The maximum atomic E-state index is 13.5. The molecule has 214 valence electrons. The third kappa shape index (κ3) is 8.62. The maximum absolute atomic E-state index is 13.5. The summed E-state index contributed by atoms with van der Waals surface area (Å²) < 4.78 is 23.0. The van der Waals surface area contributed by atoms with Crippen LogP contribution in [-0.2, 0) is 14.6 Å². The van der Waals surface area contributed by atoms with E-state index in [0.717, 1.165) is 19.4 Å². The standard InChI is InChI=1S/C30H39N5O4S/c1-22-5-9-24(10-6-22)26-20-28(26)32-13-3-4-27(33-29(36)25-11-7-23(21-31)8-12-25)30(37)35-16-14-34(15-17-35)18-19-40(2,38)39/h5-12,26-28,32H,3-4,13-20H2,1-2H3,(H,33,36)/t26-,27-,28+/m0/s1. The number of sulfone groups is 1. The Kier molecular flexibility index (Phi) is 9.95. The van der Waals surface area contributed by atoms with Crippen LogP contribution in [0.3, 0.4) is 0 Å². The number of piperazine rings is 1. The van der Waals surface area contributed by atoms with Gasteiger partial charge in [0.2, 0.25) is 5.91 Å². The highest BCUT2D eigenvalue weighted by Crippen LogP contribution is 2.40. The van der Waals surface area contributed by atoms with Crippen molar-refractivity contribution in [3.8, 4) is 6.07 Å². The molecule has 1 saturated carbocycles. The molecule has 1 aliphatic carbocycles. The summed E-state index contributed by atoms with van der Waals surface area (Å²) in [5.74, 6) is 0.161. The fraction of sp³-hybridized carbons (Fsp3) is 0.500. The lowest BCUT2D eigenvalue weighted by atomic mass is 10.1. The van der Waals surface area contributed by atoms with Gasteiger partial charge in [-0.1, -0.05) is 29.8 Å². The van der Waals surface area contributed by atoms with Crippen LogP contribution in [0.2, 0.25) is 0 Å². The van der Waals surface area contributed by atoms with Crippen LogP contribution in [0.15, 0.2) is 48.5 Å². The van der Waals surface area contributed by atoms with E-state index >= 15 is 0 Å². The first-order valence-corrected chi connectivity index (χ1v) is 16.0. The van der Waals surface area contributed by atoms with Crippen molar-refractivity contribution >= 4 is 21.7 Å². The SMILES string of the molecule is Cc1ccc([C@@H]2C[C@H]2NCCC[C@H](NC(=O)c2ccc(C#N)cc2)C(=O)N2CCN(CCS(C)(=O)=O)CC2)cc1. The van der Waals surface area contributed by atoms with Crippen molar-refractivity contribution in [2.75, 3.05) is 51.3 Å². The van der Waals surface area contributed by atoms with Crippen LogP contribution in [0.1, 0.15) is 52.2 Å². The predicted octanol–water partition coefficient (Wildman–Crippen LogP) is 2.08. The highest BCUT2D eigenvalue weighted by molar-refractivity contribution is 7.90. The van der Waals surface area contributed by atoms with E-state index in [9.17, 15) is 18.0 Å². The van der Waals surface area contributed by atoms with Crippen molar-refractivity contribution in [2.24, 2.45) is 0 Å². The Balaban J connectivity index is 1.31. The number of hydrogen-bond donors (Lipinski definition) is 2. The van der Waals surface area contributed by atoms with Crippen LogP contribution in [0.5, 0.6) is 0 Å². The molecule has 2 aliphatic rings. The number of rotatable bonds is 12. The highest BCUT2D eigenvalue weighted by atomic mass is 32.2. The number of hydrogen-bond acceptors (Lipinski definition) is 7. The minimum Gasteiger partial charge on any atom is -0.340 e. The minimum absolute atomic E-state index is 0.100. The van der Waals surface area contributed by atoms with Gasteiger partial charge in [0.05, 0.1) is 17.4 Å². The number of nitrogens with one attached hydrogen (secondary N) is 2. The first-order chi connectivity index (χ1) is 19.1. The molecule has 0 radical (unpaired) electrons. The summed E-state index contributed by atoms with van der Waals surface area (Å²) in [5, 5.41) is 15.6. The Morgan fingerprint density at radius 3 is 2.35 bits per heavy atom. The zero-order valence-electron chi connectivity index (χ0n) is 23.3. The van der Waals surface area contributed by atoms with E-state index in [1.54, 1.807) is 29.2 Å². The largest absolute Gasteiger partial charge is 0.340 e. The van der Waals surface area contributed by atoms with E-state index in [2.05, 4.69) is 46.7 Å². The summed E-state index contributed by atoms with van der Waals surface area (Å²) in [6.45, 7) is 5.47. The maximum Gasteiger partial charge on any atom is 0.251 e. The highest BCUT2D eigenvalue weighted by Gasteiger charge is 2.37. The molecule has 2 aromatic carbocycles. The van der Waals surface area contributed by atoms with E-state index in [4.69, 9.17) is 5.26 Å². The fourth-order valence-corrected chi connectivity index (χ4v) is 5.69. The molecular weight excluding hydrogens is 526 g/mol. The van der Waals surface area contributed by atoms with E-state index in [1.807, 2.05) is 6.07 Å². The molecule has 1 saturated heterocycles. The lowest BCUT2D eigenvalue weighted by Gasteiger charge is -2.36. The van der Waals surface area contributed by atoms with Crippen molar-refractivity contribution in [2.45, 2.75) is 44.2 Å². The van der Waals surface area contributed by atoms with Crippen LogP contribution in [0, 0.1) is 18.3 Å². The van der Waals surface area contributed by atoms with E-state index in [0.29, 0.717) is 62.2 Å². The second kappa shape index (κ2) is 13.4. The monoisotopic (exact) mass is 565 g/mol. The summed E-state index contributed by atoms with van der Waals surface area (Å²) in [6.07, 6.45) is 3.57. The molecule has 0 unspecified atom stereocenters. The third-order valence-corrected chi connectivity index (χ3v) is 8.64. The van der Waals surface area contributed by atoms with Gasteiger partial charge in [-0.15, -0.1) is 0 Å². The molecule has 0 aromatic heterocycles. The number of carbonyl (C=O) groups is 2. The number of aryl methyl sites for hydroxylation is 1. The lowest BCUT2D eigenvalue weighted by Crippen LogP contribution is -2.55. The van der Waals surface area contributed by atoms with Gasteiger partial charge in [-0.2, -0.15) is 5.26 Å². The van der Waals surface area contributed by atoms with Gasteiger partial charge in [-0.05, 0) is 62.6 Å². The van der Waals surface area contributed by atoms with Crippen LogP contribution in [0.4, 0.5) is 0 Å². The predicted molar refractivity (Wildman–Crippen MR) is 155 cm³/mol. The zero-order chi connectivity index (χ0) is 28.7. The minimum atomic E-state index is -3.04. The van der Waals surface area contributed by atoms with Gasteiger partial charge in [0.1, 0.15) is 15.9 Å². The molecule has 0 spiro atoms.